The number of hydrogen-bond acceptors (Lipinski definition) is 1. The highest BCUT2D eigenvalue weighted by atomic mass is 35.5. The Morgan fingerprint density at radius 1 is 1.50 bits per heavy atom. The molecule has 0 bridgehead atoms. The molecular formula is C10H12ClN. The fraction of sp³-hybridized carbons (Fsp3) is 0.400. The van der Waals surface area contributed by atoms with E-state index in [1.165, 1.54) is 11.1 Å². The molecule has 0 aliphatic heterocycles. The minimum absolute atomic E-state index is 0.166. The number of rotatable bonds is 0. The first-order valence-corrected chi connectivity index (χ1v) is 4.55. The van der Waals surface area contributed by atoms with Crippen molar-refractivity contribution < 1.29 is 0 Å². The Morgan fingerprint density at radius 3 is 3.00 bits per heavy atom. The van der Waals surface area contributed by atoms with Crippen LogP contribution in [0, 0.1) is 0 Å². The van der Waals surface area contributed by atoms with E-state index >= 15 is 0 Å². The van der Waals surface area contributed by atoms with Crippen LogP contribution in [0.15, 0.2) is 18.2 Å². The molecular weight excluding hydrogens is 170 g/mol. The Kier molecular flexibility index (Phi) is 1.67. The molecule has 1 aromatic carbocycles. The van der Waals surface area contributed by atoms with Gasteiger partial charge in [-0.25, -0.2) is 0 Å². The molecule has 0 saturated heterocycles. The summed E-state index contributed by atoms with van der Waals surface area (Å²) in [5.74, 6) is 0. The van der Waals surface area contributed by atoms with E-state index in [2.05, 4.69) is 13.0 Å². The Hall–Kier alpha value is -0.530. The molecule has 0 amide bonds. The molecule has 1 atom stereocenters. The zero-order valence-corrected chi connectivity index (χ0v) is 7.86. The van der Waals surface area contributed by atoms with Crippen LogP contribution in [0.5, 0.6) is 0 Å². The number of benzene rings is 1. The molecule has 0 aromatic heterocycles. The quantitative estimate of drug-likeness (QED) is 0.654. The maximum absolute atomic E-state index is 6.10. The Labute approximate surface area is 77.5 Å². The van der Waals surface area contributed by atoms with Crippen molar-refractivity contribution in [1.82, 2.24) is 0 Å². The van der Waals surface area contributed by atoms with E-state index in [1.807, 2.05) is 12.1 Å². The second-order valence-corrected chi connectivity index (χ2v) is 4.16. The van der Waals surface area contributed by atoms with Crippen molar-refractivity contribution in [2.75, 3.05) is 0 Å². The monoisotopic (exact) mass is 181 g/mol. The molecule has 2 N–H and O–H groups in total. The van der Waals surface area contributed by atoms with Gasteiger partial charge in [0.05, 0.1) is 0 Å². The van der Waals surface area contributed by atoms with Gasteiger partial charge >= 0.3 is 0 Å². The van der Waals surface area contributed by atoms with Gasteiger partial charge < -0.3 is 5.73 Å². The van der Waals surface area contributed by atoms with Crippen molar-refractivity contribution in [2.45, 2.75) is 25.3 Å². The maximum atomic E-state index is 6.10. The fourth-order valence-electron chi connectivity index (χ4n) is 1.83. The van der Waals surface area contributed by atoms with Crippen molar-refractivity contribution in [3.63, 3.8) is 0 Å². The molecule has 0 spiro atoms. The van der Waals surface area contributed by atoms with Crippen molar-refractivity contribution in [1.29, 1.82) is 0 Å². The molecule has 12 heavy (non-hydrogen) atoms. The van der Waals surface area contributed by atoms with Gasteiger partial charge in [-0.1, -0.05) is 17.7 Å². The number of aryl methyl sites for hydroxylation is 1. The third-order valence-electron chi connectivity index (χ3n) is 2.60. The first-order valence-electron chi connectivity index (χ1n) is 4.17. The summed E-state index contributed by atoms with van der Waals surface area (Å²) in [6, 6.07) is 6.00. The third-order valence-corrected chi connectivity index (χ3v) is 2.84. The van der Waals surface area contributed by atoms with Gasteiger partial charge in [0.15, 0.2) is 0 Å². The summed E-state index contributed by atoms with van der Waals surface area (Å²) >= 11 is 5.90. The molecule has 2 heteroatoms. The van der Waals surface area contributed by atoms with Crippen molar-refractivity contribution in [2.24, 2.45) is 5.73 Å². The van der Waals surface area contributed by atoms with Gasteiger partial charge in [0.25, 0.3) is 0 Å². The minimum Gasteiger partial charge on any atom is -0.322 e. The highest BCUT2D eigenvalue weighted by molar-refractivity contribution is 6.30. The normalized spacial score (nSPS) is 27.2. The molecule has 0 saturated carbocycles. The summed E-state index contributed by atoms with van der Waals surface area (Å²) in [5, 5.41) is 0.785. The standard InChI is InChI=1S/C10H12ClN/c1-10(12)5-4-7-2-3-8(11)6-9(7)10/h2-3,6H,4-5,12H2,1H3. The lowest BCUT2D eigenvalue weighted by molar-refractivity contribution is 0.492. The molecule has 1 unspecified atom stereocenters. The molecule has 0 radical (unpaired) electrons. The average molecular weight is 182 g/mol. The molecule has 1 aliphatic carbocycles. The zero-order chi connectivity index (χ0) is 8.77. The van der Waals surface area contributed by atoms with Crippen LogP contribution < -0.4 is 5.73 Å². The predicted molar refractivity (Wildman–Crippen MR) is 51.3 cm³/mol. The summed E-state index contributed by atoms with van der Waals surface area (Å²) in [5.41, 5.74) is 8.50. The lowest BCUT2D eigenvalue weighted by Gasteiger charge is -2.18. The van der Waals surface area contributed by atoms with Gasteiger partial charge in [0, 0.05) is 10.6 Å². The SMILES string of the molecule is CC1(N)CCc2ccc(Cl)cc21. The van der Waals surface area contributed by atoms with Crippen LogP contribution >= 0.6 is 11.6 Å². The highest BCUT2D eigenvalue weighted by Crippen LogP contribution is 2.35. The maximum Gasteiger partial charge on any atom is 0.0409 e. The van der Waals surface area contributed by atoms with Gasteiger partial charge in [-0.2, -0.15) is 0 Å². The number of nitrogens with two attached hydrogens (primary N) is 1. The second kappa shape index (κ2) is 2.48. The molecule has 2 rings (SSSR count). The van der Waals surface area contributed by atoms with Gasteiger partial charge in [0.2, 0.25) is 0 Å². The fourth-order valence-corrected chi connectivity index (χ4v) is 2.00. The molecule has 1 nitrogen and oxygen atoms in total. The van der Waals surface area contributed by atoms with E-state index in [0.29, 0.717) is 0 Å². The van der Waals surface area contributed by atoms with Crippen molar-refractivity contribution in [3.8, 4) is 0 Å². The Bertz CT molecular complexity index is 318. The van der Waals surface area contributed by atoms with E-state index in [-0.39, 0.29) is 5.54 Å². The number of hydrogen-bond donors (Lipinski definition) is 1. The molecule has 1 aliphatic rings. The van der Waals surface area contributed by atoms with Crippen molar-refractivity contribution >= 4 is 11.6 Å². The van der Waals surface area contributed by atoms with Crippen LogP contribution in [0.25, 0.3) is 0 Å². The van der Waals surface area contributed by atoms with Gasteiger partial charge in [-0.05, 0) is 43.0 Å². The van der Waals surface area contributed by atoms with Crippen LogP contribution in [0.2, 0.25) is 5.02 Å². The van der Waals surface area contributed by atoms with E-state index < -0.39 is 0 Å². The first-order chi connectivity index (χ1) is 5.59. The van der Waals surface area contributed by atoms with E-state index in [4.69, 9.17) is 17.3 Å². The average Bonchev–Trinajstić information content (AvgIpc) is 2.28. The zero-order valence-electron chi connectivity index (χ0n) is 7.10. The number of halogens is 1. The Morgan fingerprint density at radius 2 is 2.25 bits per heavy atom. The number of fused-ring (bicyclic) bond motifs is 1. The van der Waals surface area contributed by atoms with Crippen LogP contribution in [-0.4, -0.2) is 0 Å². The van der Waals surface area contributed by atoms with Crippen LogP contribution in [0.3, 0.4) is 0 Å². The largest absolute Gasteiger partial charge is 0.322 e. The first kappa shape index (κ1) is 8.09. The highest BCUT2D eigenvalue weighted by Gasteiger charge is 2.29. The van der Waals surface area contributed by atoms with Crippen LogP contribution in [0.1, 0.15) is 24.5 Å². The van der Waals surface area contributed by atoms with E-state index in [1.54, 1.807) is 0 Å². The van der Waals surface area contributed by atoms with Gasteiger partial charge in [-0.15, -0.1) is 0 Å². The second-order valence-electron chi connectivity index (χ2n) is 3.72. The molecule has 1 aromatic rings. The predicted octanol–water partition coefficient (Wildman–Crippen LogP) is 2.46. The topological polar surface area (TPSA) is 26.0 Å². The van der Waals surface area contributed by atoms with Crippen molar-refractivity contribution in [3.05, 3.63) is 34.3 Å². The lowest BCUT2D eigenvalue weighted by atomic mass is 9.96. The summed E-state index contributed by atoms with van der Waals surface area (Å²) in [4.78, 5) is 0. The smallest absolute Gasteiger partial charge is 0.0409 e. The molecule has 0 heterocycles. The lowest BCUT2D eigenvalue weighted by Crippen LogP contribution is -2.29. The van der Waals surface area contributed by atoms with Crippen LogP contribution in [0.4, 0.5) is 0 Å². The van der Waals surface area contributed by atoms with Gasteiger partial charge in [-0.3, -0.25) is 0 Å². The third kappa shape index (κ3) is 1.13. The summed E-state index contributed by atoms with van der Waals surface area (Å²) < 4.78 is 0. The Balaban J connectivity index is 2.57. The van der Waals surface area contributed by atoms with E-state index in [9.17, 15) is 0 Å². The van der Waals surface area contributed by atoms with Crippen LogP contribution in [-0.2, 0) is 12.0 Å². The summed E-state index contributed by atoms with van der Waals surface area (Å²) in [6.45, 7) is 2.06. The van der Waals surface area contributed by atoms with Gasteiger partial charge in [0.1, 0.15) is 0 Å². The molecule has 64 valence electrons. The minimum atomic E-state index is -0.166. The molecule has 0 fully saturated rings. The summed E-state index contributed by atoms with van der Waals surface area (Å²) in [7, 11) is 0. The summed E-state index contributed by atoms with van der Waals surface area (Å²) in [6.07, 6.45) is 2.11. The van der Waals surface area contributed by atoms with E-state index in [0.717, 1.165) is 17.9 Å².